The second kappa shape index (κ2) is 23.5. The fraction of sp³-hybridized carbons (Fsp3) is 0.280. The molecule has 9 heteroatoms. The topological polar surface area (TPSA) is 124 Å². The van der Waals surface area contributed by atoms with Gasteiger partial charge in [-0.15, -0.1) is 0 Å². The number of para-hydroxylation sites is 2. The molecule has 0 saturated carbocycles. The molecular weight excluding hydrogens is 774 g/mol. The van der Waals surface area contributed by atoms with Gasteiger partial charge in [0.15, 0.2) is 0 Å². The van der Waals surface area contributed by atoms with E-state index in [1.807, 2.05) is 130 Å². The minimum atomic E-state index is -3.74. The van der Waals surface area contributed by atoms with Crippen molar-refractivity contribution in [3.63, 3.8) is 0 Å². The molecule has 7 nitrogen and oxygen atoms in total. The Morgan fingerprint density at radius 3 is 1.46 bits per heavy atom. The summed E-state index contributed by atoms with van der Waals surface area (Å²) in [6.07, 6.45) is 0.264. The SMILES string of the molecule is CC.CC.CC.CC.Cc1cc(CP(=O)(O)c2ccccc2-c2ccccc2O)cc(C)c1O.Cc1cc(CP2(=O)Oc3ccccc3-c3ccccc32)cc(C)c1O. The third kappa shape index (κ3) is 12.2. The Balaban J connectivity index is 0.000000348. The second-order valence-corrected chi connectivity index (χ2v) is 17.5. The van der Waals surface area contributed by atoms with Gasteiger partial charge in [-0.25, -0.2) is 0 Å². The van der Waals surface area contributed by atoms with Crippen LogP contribution >= 0.6 is 14.7 Å². The molecule has 0 aromatic heterocycles. The molecule has 0 aliphatic carbocycles. The van der Waals surface area contributed by atoms with Gasteiger partial charge in [0.05, 0.1) is 17.6 Å². The highest BCUT2D eigenvalue weighted by molar-refractivity contribution is 7.67. The highest BCUT2D eigenvalue weighted by Crippen LogP contribution is 2.56. The first-order valence-corrected chi connectivity index (χ1v) is 24.2. The summed E-state index contributed by atoms with van der Waals surface area (Å²) in [6.45, 7) is 23.2. The summed E-state index contributed by atoms with van der Waals surface area (Å²) < 4.78 is 33.1. The number of phenols is 3. The first-order chi connectivity index (χ1) is 28.3. The predicted molar refractivity (Wildman–Crippen MR) is 251 cm³/mol. The van der Waals surface area contributed by atoms with E-state index in [1.54, 1.807) is 74.5 Å². The van der Waals surface area contributed by atoms with Crippen molar-refractivity contribution < 1.29 is 33.9 Å². The van der Waals surface area contributed by atoms with Crippen LogP contribution in [0.3, 0.4) is 0 Å². The maximum atomic E-state index is 13.8. The van der Waals surface area contributed by atoms with E-state index in [0.29, 0.717) is 45.0 Å². The number of phenolic OH excluding ortho intramolecular Hbond substituents is 3. The molecular formula is C50H64O7P2. The van der Waals surface area contributed by atoms with E-state index in [2.05, 4.69) is 0 Å². The zero-order valence-electron chi connectivity index (χ0n) is 36.9. The number of aryl methyl sites for hydroxylation is 4. The summed E-state index contributed by atoms with van der Waals surface area (Å²) in [5.74, 6) is 1.22. The van der Waals surface area contributed by atoms with Gasteiger partial charge in [-0.3, -0.25) is 9.13 Å². The van der Waals surface area contributed by atoms with E-state index in [0.717, 1.165) is 33.1 Å². The summed E-state index contributed by atoms with van der Waals surface area (Å²) in [5, 5.41) is 31.1. The zero-order valence-corrected chi connectivity index (χ0v) is 38.7. The summed E-state index contributed by atoms with van der Waals surface area (Å²) in [4.78, 5) is 10.8. The molecule has 2 unspecified atom stereocenters. The van der Waals surface area contributed by atoms with Crippen LogP contribution in [0.15, 0.2) is 121 Å². The van der Waals surface area contributed by atoms with Crippen molar-refractivity contribution in [2.75, 3.05) is 0 Å². The van der Waals surface area contributed by atoms with Crippen LogP contribution in [0.25, 0.3) is 22.3 Å². The van der Waals surface area contributed by atoms with Crippen LogP contribution < -0.4 is 15.1 Å². The van der Waals surface area contributed by atoms with Gasteiger partial charge < -0.3 is 24.7 Å². The van der Waals surface area contributed by atoms with E-state index in [4.69, 9.17) is 4.52 Å². The highest BCUT2D eigenvalue weighted by atomic mass is 31.2. The lowest BCUT2D eigenvalue weighted by atomic mass is 10.0. The van der Waals surface area contributed by atoms with Gasteiger partial charge in [0.2, 0.25) is 7.37 Å². The molecule has 2 atom stereocenters. The van der Waals surface area contributed by atoms with Gasteiger partial charge in [0, 0.05) is 16.4 Å². The van der Waals surface area contributed by atoms with Crippen LogP contribution in [0, 0.1) is 27.7 Å². The molecule has 7 rings (SSSR count). The molecule has 0 saturated heterocycles. The van der Waals surface area contributed by atoms with Crippen LogP contribution in [0.5, 0.6) is 23.0 Å². The van der Waals surface area contributed by atoms with Gasteiger partial charge in [-0.1, -0.05) is 152 Å². The highest BCUT2D eigenvalue weighted by Gasteiger charge is 2.36. The molecule has 0 spiro atoms. The van der Waals surface area contributed by atoms with Gasteiger partial charge >= 0.3 is 0 Å². The summed E-state index contributed by atoms with van der Waals surface area (Å²) in [6, 6.07) is 36.3. The molecule has 6 aromatic carbocycles. The molecule has 4 N–H and O–H groups in total. The Kier molecular flexibility index (Phi) is 20.0. The van der Waals surface area contributed by atoms with Crippen molar-refractivity contribution in [3.05, 3.63) is 155 Å². The average molecular weight is 839 g/mol. The molecule has 0 fully saturated rings. The third-order valence-electron chi connectivity index (χ3n) is 9.06. The summed E-state index contributed by atoms with van der Waals surface area (Å²) in [7, 11) is -6.83. The largest absolute Gasteiger partial charge is 0.507 e. The molecule has 1 heterocycles. The molecule has 1 aliphatic heterocycles. The van der Waals surface area contributed by atoms with Crippen molar-refractivity contribution in [2.24, 2.45) is 0 Å². The lowest BCUT2D eigenvalue weighted by molar-refractivity contribution is 0.466. The zero-order chi connectivity index (χ0) is 44.5. The number of hydrogen-bond acceptors (Lipinski definition) is 6. The van der Waals surface area contributed by atoms with Crippen molar-refractivity contribution >= 4 is 25.3 Å². The Bertz CT molecular complexity index is 2320. The summed E-state index contributed by atoms with van der Waals surface area (Å²) >= 11 is 0. The van der Waals surface area contributed by atoms with E-state index in [-0.39, 0.29) is 23.4 Å². The number of fused-ring (bicyclic) bond motifs is 3. The van der Waals surface area contributed by atoms with Crippen molar-refractivity contribution in [3.8, 4) is 45.3 Å². The number of hydrogen-bond donors (Lipinski definition) is 4. The van der Waals surface area contributed by atoms with E-state index >= 15 is 0 Å². The van der Waals surface area contributed by atoms with Gasteiger partial charge in [-0.05, 0) is 96.5 Å². The van der Waals surface area contributed by atoms with E-state index in [1.165, 1.54) is 0 Å². The molecule has 6 aromatic rings. The standard InChI is InChI=1S/C21H21O4P.C21H19O3P.4C2H6/c1-14-11-16(12-15(2)21(14)23)13-26(24,25)20-10-6-4-8-18(20)17-7-3-5-9-19(17)22;1-14-11-16(12-15(2)21(14)22)13-25(23)20-10-6-4-8-18(20)17-7-3-5-9-19(17)24-25;4*1-2/h3-12,22-23H,13H2,1-2H3,(H,24,25);3-12,22H,13H2,1-2H3;4*1-2H3. The maximum Gasteiger partial charge on any atom is 0.282 e. The molecule has 1 aliphatic rings. The fourth-order valence-corrected chi connectivity index (χ4v) is 10.7. The van der Waals surface area contributed by atoms with Crippen molar-refractivity contribution in [1.82, 2.24) is 0 Å². The molecule has 0 bridgehead atoms. The van der Waals surface area contributed by atoms with Gasteiger partial charge in [0.1, 0.15) is 23.0 Å². The predicted octanol–water partition coefficient (Wildman–Crippen LogP) is 13.8. The Labute approximate surface area is 353 Å². The molecule has 316 valence electrons. The number of aromatic hydroxyl groups is 3. The quantitative estimate of drug-likeness (QED) is 0.123. The Morgan fingerprint density at radius 2 is 0.932 bits per heavy atom. The summed E-state index contributed by atoms with van der Waals surface area (Å²) in [5.41, 5.74) is 7.53. The number of rotatable bonds is 6. The minimum Gasteiger partial charge on any atom is -0.507 e. The first kappa shape index (κ1) is 50.1. The minimum absolute atomic E-state index is 0.0421. The molecule has 0 amide bonds. The van der Waals surface area contributed by atoms with Crippen LogP contribution in [-0.2, 0) is 21.5 Å². The smallest absolute Gasteiger partial charge is 0.282 e. The fourth-order valence-electron chi connectivity index (χ4n) is 6.65. The lowest BCUT2D eigenvalue weighted by Crippen LogP contribution is -2.18. The van der Waals surface area contributed by atoms with Gasteiger partial charge in [0.25, 0.3) is 7.37 Å². The second-order valence-electron chi connectivity index (χ2n) is 13.0. The average Bonchev–Trinajstić information content (AvgIpc) is 3.25. The van der Waals surface area contributed by atoms with Gasteiger partial charge in [-0.2, -0.15) is 0 Å². The normalized spacial score (nSPS) is 14.0. The van der Waals surface area contributed by atoms with Crippen LogP contribution in [-0.4, -0.2) is 20.2 Å². The monoisotopic (exact) mass is 838 g/mol. The first-order valence-electron chi connectivity index (χ1n) is 20.5. The Hall–Kier alpha value is -5.06. The van der Waals surface area contributed by atoms with Crippen molar-refractivity contribution in [1.29, 1.82) is 0 Å². The third-order valence-corrected chi connectivity index (χ3v) is 13.4. The number of benzene rings is 6. The maximum absolute atomic E-state index is 13.8. The van der Waals surface area contributed by atoms with Crippen molar-refractivity contribution in [2.45, 2.75) is 95.4 Å². The molecule has 0 radical (unpaired) electrons. The molecule has 59 heavy (non-hydrogen) atoms. The van der Waals surface area contributed by atoms with E-state index < -0.39 is 14.7 Å². The van der Waals surface area contributed by atoms with Crippen LogP contribution in [0.2, 0.25) is 0 Å². The lowest BCUT2D eigenvalue weighted by Gasteiger charge is -2.29. The van der Waals surface area contributed by atoms with E-state index in [9.17, 15) is 29.3 Å². The van der Waals surface area contributed by atoms with Crippen LogP contribution in [0.1, 0.15) is 88.8 Å². The van der Waals surface area contributed by atoms with Crippen LogP contribution in [0.4, 0.5) is 0 Å². The Morgan fingerprint density at radius 1 is 0.525 bits per heavy atom.